The third-order valence-corrected chi connectivity index (χ3v) is 5.09. The quantitative estimate of drug-likeness (QED) is 0.863. The molecule has 0 saturated carbocycles. The van der Waals surface area contributed by atoms with Crippen molar-refractivity contribution in [2.45, 2.75) is 24.8 Å². The van der Waals surface area contributed by atoms with E-state index in [1.807, 2.05) is 30.3 Å². The van der Waals surface area contributed by atoms with E-state index >= 15 is 0 Å². The second-order valence-electron chi connectivity index (χ2n) is 6.65. The van der Waals surface area contributed by atoms with E-state index < -0.39 is 23.1 Å². The van der Waals surface area contributed by atoms with Crippen LogP contribution in [0.15, 0.2) is 48.5 Å². The van der Waals surface area contributed by atoms with Gasteiger partial charge in [-0.05, 0) is 36.1 Å². The highest BCUT2D eigenvalue weighted by atomic mass is 19.2. The van der Waals surface area contributed by atoms with E-state index in [2.05, 4.69) is 5.32 Å². The minimum Gasteiger partial charge on any atom is -0.465 e. The molecular weight excluding hydrogens is 354 g/mol. The summed E-state index contributed by atoms with van der Waals surface area (Å²) >= 11 is 0. The van der Waals surface area contributed by atoms with E-state index in [9.17, 15) is 23.5 Å². The largest absolute Gasteiger partial charge is 0.465 e. The molecule has 0 unspecified atom stereocenters. The number of carboxylic acid groups (broad SMARTS) is 1. The first kappa shape index (κ1) is 18.8. The Morgan fingerprint density at radius 3 is 2.30 bits per heavy atom. The number of nitrogens with one attached hydrogen (secondary N) is 1. The Kier molecular flexibility index (Phi) is 5.39. The van der Waals surface area contributed by atoms with Gasteiger partial charge in [0.25, 0.3) is 0 Å². The lowest BCUT2D eigenvalue weighted by Gasteiger charge is -2.40. The van der Waals surface area contributed by atoms with E-state index in [0.717, 1.165) is 17.7 Å². The average Bonchev–Trinajstić information content (AvgIpc) is 2.69. The third kappa shape index (κ3) is 3.92. The SMILES string of the molecule is O=C(O)N1CCC(C(=O)NCc2ccc(F)c(F)c2)(c2ccccc2)CC1. The summed E-state index contributed by atoms with van der Waals surface area (Å²) in [6.45, 7) is 0.568. The van der Waals surface area contributed by atoms with Gasteiger partial charge in [-0.15, -0.1) is 0 Å². The Bertz CT molecular complexity index is 834. The fourth-order valence-electron chi connectivity index (χ4n) is 3.48. The molecule has 0 aliphatic carbocycles. The summed E-state index contributed by atoms with van der Waals surface area (Å²) in [7, 11) is 0. The molecule has 0 atom stereocenters. The number of hydrogen-bond donors (Lipinski definition) is 2. The molecule has 7 heteroatoms. The van der Waals surface area contributed by atoms with Gasteiger partial charge in [0, 0.05) is 19.6 Å². The minimum atomic E-state index is -1.00. The van der Waals surface area contributed by atoms with Crippen LogP contribution < -0.4 is 5.32 Å². The number of carbonyl (C=O) groups is 2. The van der Waals surface area contributed by atoms with Crippen molar-refractivity contribution in [1.29, 1.82) is 0 Å². The van der Waals surface area contributed by atoms with Gasteiger partial charge >= 0.3 is 6.09 Å². The number of halogens is 2. The number of nitrogens with zero attached hydrogens (tertiary/aromatic N) is 1. The zero-order chi connectivity index (χ0) is 19.4. The summed E-state index contributed by atoms with van der Waals surface area (Å²) in [6.07, 6.45) is -0.293. The molecule has 2 amide bonds. The van der Waals surface area contributed by atoms with E-state index in [-0.39, 0.29) is 25.5 Å². The Labute approximate surface area is 155 Å². The molecule has 142 valence electrons. The molecule has 1 aliphatic heterocycles. The fraction of sp³-hybridized carbons (Fsp3) is 0.300. The van der Waals surface area contributed by atoms with Crippen LogP contribution in [0.4, 0.5) is 13.6 Å². The molecule has 5 nitrogen and oxygen atoms in total. The molecule has 2 aromatic carbocycles. The first-order chi connectivity index (χ1) is 12.9. The maximum absolute atomic E-state index is 13.4. The van der Waals surface area contributed by atoms with Gasteiger partial charge in [-0.1, -0.05) is 36.4 Å². The van der Waals surface area contributed by atoms with Crippen molar-refractivity contribution in [1.82, 2.24) is 10.2 Å². The second kappa shape index (κ2) is 7.73. The van der Waals surface area contributed by atoms with Crippen LogP contribution in [-0.2, 0) is 16.8 Å². The highest BCUT2D eigenvalue weighted by Gasteiger charge is 2.43. The van der Waals surface area contributed by atoms with Gasteiger partial charge in [0.15, 0.2) is 11.6 Å². The Morgan fingerprint density at radius 1 is 1.04 bits per heavy atom. The number of likely N-dealkylation sites (tertiary alicyclic amines) is 1. The lowest BCUT2D eigenvalue weighted by atomic mass is 9.72. The van der Waals surface area contributed by atoms with E-state index in [4.69, 9.17) is 0 Å². The number of benzene rings is 2. The number of rotatable bonds is 4. The van der Waals surface area contributed by atoms with Gasteiger partial charge in [-0.3, -0.25) is 4.79 Å². The van der Waals surface area contributed by atoms with Crippen LogP contribution in [0.1, 0.15) is 24.0 Å². The van der Waals surface area contributed by atoms with Gasteiger partial charge in [0.2, 0.25) is 5.91 Å². The second-order valence-corrected chi connectivity index (χ2v) is 6.65. The number of hydrogen-bond acceptors (Lipinski definition) is 2. The molecule has 0 spiro atoms. The Balaban J connectivity index is 1.79. The third-order valence-electron chi connectivity index (χ3n) is 5.09. The van der Waals surface area contributed by atoms with Crippen molar-refractivity contribution < 1.29 is 23.5 Å². The lowest BCUT2D eigenvalue weighted by Crippen LogP contribution is -2.52. The standard InChI is InChI=1S/C20H20F2N2O3/c21-16-7-6-14(12-17(16)22)13-23-18(25)20(15-4-2-1-3-5-15)8-10-24(11-9-20)19(26)27/h1-7,12H,8-11,13H2,(H,23,25)(H,26,27). The maximum Gasteiger partial charge on any atom is 0.407 e. The van der Waals surface area contributed by atoms with Gasteiger partial charge in [-0.2, -0.15) is 0 Å². The Hall–Kier alpha value is -2.96. The molecule has 1 heterocycles. The molecular formula is C20H20F2N2O3. The van der Waals surface area contributed by atoms with Crippen LogP contribution in [0.3, 0.4) is 0 Å². The van der Waals surface area contributed by atoms with E-state index in [1.165, 1.54) is 11.0 Å². The number of amides is 2. The van der Waals surface area contributed by atoms with Crippen molar-refractivity contribution >= 4 is 12.0 Å². The molecule has 0 bridgehead atoms. The number of piperidine rings is 1. The predicted molar refractivity (Wildman–Crippen MR) is 95.2 cm³/mol. The normalized spacial score (nSPS) is 16.0. The first-order valence-corrected chi connectivity index (χ1v) is 8.68. The molecule has 1 aliphatic rings. The molecule has 2 N–H and O–H groups in total. The molecule has 3 rings (SSSR count). The summed E-state index contributed by atoms with van der Waals surface area (Å²) in [5, 5.41) is 12.0. The predicted octanol–water partition coefficient (Wildman–Crippen LogP) is 3.29. The summed E-state index contributed by atoms with van der Waals surface area (Å²) in [4.78, 5) is 25.6. The molecule has 2 aromatic rings. The van der Waals surface area contributed by atoms with E-state index in [0.29, 0.717) is 18.4 Å². The zero-order valence-electron chi connectivity index (χ0n) is 14.6. The summed E-state index contributed by atoms with van der Waals surface area (Å²) in [5.41, 5.74) is 0.414. The summed E-state index contributed by atoms with van der Waals surface area (Å²) in [5.74, 6) is -2.15. The van der Waals surface area contributed by atoms with Crippen LogP contribution in [0.25, 0.3) is 0 Å². The highest BCUT2D eigenvalue weighted by molar-refractivity contribution is 5.88. The highest BCUT2D eigenvalue weighted by Crippen LogP contribution is 2.36. The van der Waals surface area contributed by atoms with Crippen molar-refractivity contribution in [3.8, 4) is 0 Å². The zero-order valence-corrected chi connectivity index (χ0v) is 14.6. The summed E-state index contributed by atoms with van der Waals surface area (Å²) < 4.78 is 26.4. The van der Waals surface area contributed by atoms with Crippen LogP contribution in [0.2, 0.25) is 0 Å². The van der Waals surface area contributed by atoms with Crippen LogP contribution in [0, 0.1) is 11.6 Å². The first-order valence-electron chi connectivity index (χ1n) is 8.68. The van der Waals surface area contributed by atoms with Crippen LogP contribution in [-0.4, -0.2) is 35.1 Å². The fourth-order valence-corrected chi connectivity index (χ4v) is 3.48. The number of carbonyl (C=O) groups excluding carboxylic acids is 1. The van der Waals surface area contributed by atoms with Gasteiger partial charge < -0.3 is 15.3 Å². The molecule has 0 radical (unpaired) electrons. The van der Waals surface area contributed by atoms with Crippen molar-refractivity contribution in [3.63, 3.8) is 0 Å². The Morgan fingerprint density at radius 2 is 1.70 bits per heavy atom. The topological polar surface area (TPSA) is 69.6 Å². The van der Waals surface area contributed by atoms with Gasteiger partial charge in [0.1, 0.15) is 0 Å². The summed E-state index contributed by atoms with van der Waals surface area (Å²) in [6, 6.07) is 12.7. The van der Waals surface area contributed by atoms with Crippen molar-refractivity contribution in [2.24, 2.45) is 0 Å². The van der Waals surface area contributed by atoms with E-state index in [1.54, 1.807) is 0 Å². The molecule has 1 saturated heterocycles. The molecule has 0 aromatic heterocycles. The average molecular weight is 374 g/mol. The van der Waals surface area contributed by atoms with Crippen LogP contribution >= 0.6 is 0 Å². The van der Waals surface area contributed by atoms with Gasteiger partial charge in [0.05, 0.1) is 5.41 Å². The molecule has 1 fully saturated rings. The molecule has 27 heavy (non-hydrogen) atoms. The van der Waals surface area contributed by atoms with Gasteiger partial charge in [-0.25, -0.2) is 13.6 Å². The van der Waals surface area contributed by atoms with Crippen LogP contribution in [0.5, 0.6) is 0 Å². The van der Waals surface area contributed by atoms with Crippen molar-refractivity contribution in [3.05, 3.63) is 71.3 Å². The van der Waals surface area contributed by atoms with Crippen molar-refractivity contribution in [2.75, 3.05) is 13.1 Å². The smallest absolute Gasteiger partial charge is 0.407 e. The monoisotopic (exact) mass is 374 g/mol. The minimum absolute atomic E-state index is 0.0628. The maximum atomic E-state index is 13.4. The lowest BCUT2D eigenvalue weighted by molar-refractivity contribution is -0.128.